The van der Waals surface area contributed by atoms with Gasteiger partial charge in [0.15, 0.2) is 0 Å². The van der Waals surface area contributed by atoms with E-state index in [0.29, 0.717) is 6.61 Å². The summed E-state index contributed by atoms with van der Waals surface area (Å²) in [5.41, 5.74) is -0.419. The van der Waals surface area contributed by atoms with Gasteiger partial charge in [-0.05, 0) is 33.6 Å². The summed E-state index contributed by atoms with van der Waals surface area (Å²) >= 11 is 0. The van der Waals surface area contributed by atoms with Gasteiger partial charge in [0, 0.05) is 0 Å². The zero-order chi connectivity index (χ0) is 11.5. The van der Waals surface area contributed by atoms with Crippen LogP contribution in [0.5, 0.6) is 0 Å². The molecule has 0 amide bonds. The SMILES string of the molecule is C#C[C@@H]1O[C@@H]1CCCOC(=O)C(C)(C)C. The Kier molecular flexibility index (Phi) is 3.76. The first kappa shape index (κ1) is 12.1. The molecule has 1 rings (SSSR count). The average molecular weight is 210 g/mol. The van der Waals surface area contributed by atoms with Crippen molar-refractivity contribution in [1.82, 2.24) is 0 Å². The van der Waals surface area contributed by atoms with Crippen LogP contribution in [0.2, 0.25) is 0 Å². The van der Waals surface area contributed by atoms with E-state index in [-0.39, 0.29) is 18.2 Å². The highest BCUT2D eigenvalue weighted by molar-refractivity contribution is 5.75. The second-order valence-electron chi connectivity index (χ2n) is 4.79. The number of esters is 1. The minimum Gasteiger partial charge on any atom is -0.465 e. The van der Waals surface area contributed by atoms with E-state index < -0.39 is 5.41 Å². The molecule has 0 aromatic rings. The molecular formula is C12H18O3. The predicted octanol–water partition coefficient (Wildman–Crippen LogP) is 1.76. The fourth-order valence-electron chi connectivity index (χ4n) is 1.17. The largest absolute Gasteiger partial charge is 0.465 e. The molecule has 0 aromatic carbocycles. The third-order valence-corrected chi connectivity index (χ3v) is 2.23. The third-order valence-electron chi connectivity index (χ3n) is 2.23. The van der Waals surface area contributed by atoms with Crippen LogP contribution in [0.3, 0.4) is 0 Å². The highest BCUT2D eigenvalue weighted by atomic mass is 16.6. The number of hydrogen-bond donors (Lipinski definition) is 0. The Morgan fingerprint density at radius 3 is 2.67 bits per heavy atom. The molecule has 0 aromatic heterocycles. The van der Waals surface area contributed by atoms with E-state index in [1.165, 1.54) is 0 Å². The van der Waals surface area contributed by atoms with Crippen molar-refractivity contribution in [3.05, 3.63) is 0 Å². The fourth-order valence-corrected chi connectivity index (χ4v) is 1.17. The zero-order valence-electron chi connectivity index (χ0n) is 9.58. The Labute approximate surface area is 91.1 Å². The number of rotatable bonds is 4. The molecule has 1 aliphatic rings. The Morgan fingerprint density at radius 2 is 2.20 bits per heavy atom. The van der Waals surface area contributed by atoms with Crippen LogP contribution in [-0.2, 0) is 14.3 Å². The van der Waals surface area contributed by atoms with Gasteiger partial charge in [-0.25, -0.2) is 0 Å². The van der Waals surface area contributed by atoms with Gasteiger partial charge in [-0.1, -0.05) is 5.92 Å². The summed E-state index contributed by atoms with van der Waals surface area (Å²) in [6.07, 6.45) is 7.02. The second-order valence-corrected chi connectivity index (χ2v) is 4.79. The van der Waals surface area contributed by atoms with Crippen molar-refractivity contribution >= 4 is 5.97 Å². The normalized spacial score (nSPS) is 24.4. The van der Waals surface area contributed by atoms with Crippen LogP contribution in [-0.4, -0.2) is 24.8 Å². The molecular weight excluding hydrogens is 192 g/mol. The molecule has 3 heteroatoms. The number of hydrogen-bond acceptors (Lipinski definition) is 3. The summed E-state index contributed by atoms with van der Waals surface area (Å²) in [5, 5.41) is 0. The number of carbonyl (C=O) groups excluding carboxylic acids is 1. The molecule has 0 aliphatic carbocycles. The van der Waals surface area contributed by atoms with Gasteiger partial charge in [0.25, 0.3) is 0 Å². The number of carbonyl (C=O) groups is 1. The van der Waals surface area contributed by atoms with Crippen molar-refractivity contribution in [1.29, 1.82) is 0 Å². The maximum atomic E-state index is 11.4. The molecule has 1 aliphatic heterocycles. The summed E-state index contributed by atoms with van der Waals surface area (Å²) in [7, 11) is 0. The first-order chi connectivity index (χ1) is 6.95. The second kappa shape index (κ2) is 4.67. The first-order valence-electron chi connectivity index (χ1n) is 5.24. The lowest BCUT2D eigenvalue weighted by Gasteiger charge is -2.16. The van der Waals surface area contributed by atoms with Gasteiger partial charge < -0.3 is 9.47 Å². The summed E-state index contributed by atoms with van der Waals surface area (Å²) < 4.78 is 10.3. The van der Waals surface area contributed by atoms with Crippen LogP contribution in [0.25, 0.3) is 0 Å². The van der Waals surface area contributed by atoms with Crippen LogP contribution in [0.1, 0.15) is 33.6 Å². The molecule has 84 valence electrons. The predicted molar refractivity (Wildman–Crippen MR) is 57.1 cm³/mol. The first-order valence-corrected chi connectivity index (χ1v) is 5.24. The molecule has 0 saturated carbocycles. The van der Waals surface area contributed by atoms with Crippen molar-refractivity contribution in [3.8, 4) is 12.3 Å². The molecule has 0 bridgehead atoms. The minimum absolute atomic E-state index is 0.0108. The van der Waals surface area contributed by atoms with E-state index in [1.807, 2.05) is 20.8 Å². The molecule has 1 saturated heterocycles. The van der Waals surface area contributed by atoms with Crippen molar-refractivity contribution in [3.63, 3.8) is 0 Å². The van der Waals surface area contributed by atoms with E-state index in [1.54, 1.807) is 0 Å². The maximum absolute atomic E-state index is 11.4. The van der Waals surface area contributed by atoms with Crippen molar-refractivity contribution in [2.24, 2.45) is 5.41 Å². The Balaban J connectivity index is 2.03. The molecule has 15 heavy (non-hydrogen) atoms. The van der Waals surface area contributed by atoms with Crippen LogP contribution in [0.4, 0.5) is 0 Å². The monoisotopic (exact) mass is 210 g/mol. The number of ether oxygens (including phenoxy) is 2. The molecule has 0 spiro atoms. The van der Waals surface area contributed by atoms with E-state index in [4.69, 9.17) is 15.9 Å². The van der Waals surface area contributed by atoms with Crippen LogP contribution in [0, 0.1) is 17.8 Å². The van der Waals surface area contributed by atoms with Gasteiger partial charge in [0.1, 0.15) is 6.10 Å². The Hall–Kier alpha value is -1.01. The van der Waals surface area contributed by atoms with Crippen molar-refractivity contribution in [2.45, 2.75) is 45.8 Å². The summed E-state index contributed by atoms with van der Waals surface area (Å²) in [6, 6.07) is 0. The lowest BCUT2D eigenvalue weighted by Crippen LogP contribution is -2.23. The highest BCUT2D eigenvalue weighted by Gasteiger charge is 2.36. The zero-order valence-corrected chi connectivity index (χ0v) is 9.58. The fraction of sp³-hybridized carbons (Fsp3) is 0.750. The Bertz CT molecular complexity index is 270. The third kappa shape index (κ3) is 3.93. The smallest absolute Gasteiger partial charge is 0.311 e. The van der Waals surface area contributed by atoms with E-state index in [2.05, 4.69) is 5.92 Å². The molecule has 0 N–H and O–H groups in total. The van der Waals surface area contributed by atoms with Gasteiger partial charge in [0.05, 0.1) is 18.1 Å². The van der Waals surface area contributed by atoms with Gasteiger partial charge in [0.2, 0.25) is 0 Å². The number of epoxide rings is 1. The minimum atomic E-state index is -0.419. The van der Waals surface area contributed by atoms with Crippen molar-refractivity contribution < 1.29 is 14.3 Å². The molecule has 2 atom stereocenters. The average Bonchev–Trinajstić information content (AvgIpc) is 2.89. The maximum Gasteiger partial charge on any atom is 0.311 e. The number of terminal acetylenes is 1. The quantitative estimate of drug-likeness (QED) is 0.307. The van der Waals surface area contributed by atoms with Gasteiger partial charge >= 0.3 is 5.97 Å². The van der Waals surface area contributed by atoms with Crippen LogP contribution in [0.15, 0.2) is 0 Å². The van der Waals surface area contributed by atoms with Crippen molar-refractivity contribution in [2.75, 3.05) is 6.61 Å². The van der Waals surface area contributed by atoms with Gasteiger partial charge in [-0.3, -0.25) is 4.79 Å². The molecule has 0 unspecified atom stereocenters. The van der Waals surface area contributed by atoms with Gasteiger partial charge in [-0.15, -0.1) is 6.42 Å². The summed E-state index contributed by atoms with van der Waals surface area (Å²) in [4.78, 5) is 11.4. The summed E-state index contributed by atoms with van der Waals surface area (Å²) in [5.74, 6) is 2.37. The van der Waals surface area contributed by atoms with E-state index in [9.17, 15) is 4.79 Å². The van der Waals surface area contributed by atoms with E-state index >= 15 is 0 Å². The highest BCUT2D eigenvalue weighted by Crippen LogP contribution is 2.25. The lowest BCUT2D eigenvalue weighted by molar-refractivity contribution is -0.153. The molecule has 1 heterocycles. The molecule has 0 radical (unpaired) electrons. The Morgan fingerprint density at radius 1 is 1.53 bits per heavy atom. The van der Waals surface area contributed by atoms with Gasteiger partial charge in [-0.2, -0.15) is 0 Å². The van der Waals surface area contributed by atoms with Crippen LogP contribution < -0.4 is 0 Å². The molecule has 3 nitrogen and oxygen atoms in total. The summed E-state index contributed by atoms with van der Waals surface area (Å²) in [6.45, 7) is 5.97. The molecule has 1 fully saturated rings. The van der Waals surface area contributed by atoms with E-state index in [0.717, 1.165) is 12.8 Å². The standard InChI is InChI=1S/C12H18O3/c1-5-9-10(15-9)7-6-8-14-11(13)12(2,3)4/h1,9-10H,6-8H2,2-4H3/t9-,10+/m0/s1. The van der Waals surface area contributed by atoms with Crippen LogP contribution >= 0.6 is 0 Å². The lowest BCUT2D eigenvalue weighted by atomic mass is 9.97. The topological polar surface area (TPSA) is 38.8 Å².